The average molecular weight is 313 g/mol. The van der Waals surface area contributed by atoms with Gasteiger partial charge in [0.1, 0.15) is 10.7 Å². The number of carbonyl (C=O) groups is 1. The third kappa shape index (κ3) is 3.78. The summed E-state index contributed by atoms with van der Waals surface area (Å²) < 4.78 is 40.9. The number of para-hydroxylation sites is 1. The Kier molecular flexibility index (Phi) is 4.22. The number of carboxylic acids is 1. The summed E-state index contributed by atoms with van der Waals surface area (Å²) in [7, 11) is -3.97. The van der Waals surface area contributed by atoms with Crippen molar-refractivity contribution >= 4 is 21.7 Å². The minimum Gasteiger partial charge on any atom is -0.481 e. The van der Waals surface area contributed by atoms with E-state index in [1.807, 2.05) is 0 Å². The van der Waals surface area contributed by atoms with Gasteiger partial charge in [-0.25, -0.2) is 12.8 Å². The minimum atomic E-state index is -3.97. The van der Waals surface area contributed by atoms with E-state index in [2.05, 4.69) is 9.82 Å². The summed E-state index contributed by atoms with van der Waals surface area (Å²) in [6.07, 6.45) is 2.08. The standard InChI is InChI=1S/C12H12FN3O4S/c13-10-3-1-2-4-11(10)15-21(19,20)9-7-14-16(8-9)6-5-12(17)18/h1-4,7-8,15H,5-6H2,(H,17,18). The summed E-state index contributed by atoms with van der Waals surface area (Å²) in [6.45, 7) is 0.0462. The summed E-state index contributed by atoms with van der Waals surface area (Å²) in [6, 6.07) is 5.37. The second-order valence-corrected chi connectivity index (χ2v) is 5.85. The molecule has 0 aliphatic rings. The number of rotatable bonds is 6. The molecule has 0 bridgehead atoms. The van der Waals surface area contributed by atoms with Gasteiger partial charge in [-0.1, -0.05) is 12.1 Å². The maximum absolute atomic E-state index is 13.4. The van der Waals surface area contributed by atoms with Crippen molar-refractivity contribution in [1.29, 1.82) is 0 Å². The molecule has 2 rings (SSSR count). The van der Waals surface area contributed by atoms with Crippen LogP contribution >= 0.6 is 0 Å². The van der Waals surface area contributed by atoms with Gasteiger partial charge in [-0.15, -0.1) is 0 Å². The van der Waals surface area contributed by atoms with Gasteiger partial charge in [0, 0.05) is 6.20 Å². The van der Waals surface area contributed by atoms with Crippen LogP contribution in [0, 0.1) is 5.82 Å². The molecule has 0 aliphatic heterocycles. The number of benzene rings is 1. The predicted octanol–water partition coefficient (Wildman–Crippen LogP) is 1.30. The highest BCUT2D eigenvalue weighted by atomic mass is 32.2. The molecule has 1 aromatic heterocycles. The minimum absolute atomic E-state index is 0.0462. The van der Waals surface area contributed by atoms with E-state index in [0.717, 1.165) is 12.3 Å². The highest BCUT2D eigenvalue weighted by Gasteiger charge is 2.18. The Bertz CT molecular complexity index is 757. The second-order valence-electron chi connectivity index (χ2n) is 4.17. The van der Waals surface area contributed by atoms with Gasteiger partial charge in [0.05, 0.1) is 24.8 Å². The number of sulfonamides is 1. The van der Waals surface area contributed by atoms with E-state index < -0.39 is 21.8 Å². The molecule has 2 N–H and O–H groups in total. The first kappa shape index (κ1) is 15.0. The van der Waals surface area contributed by atoms with Gasteiger partial charge in [-0.2, -0.15) is 5.10 Å². The van der Waals surface area contributed by atoms with Crippen LogP contribution < -0.4 is 4.72 Å². The largest absolute Gasteiger partial charge is 0.481 e. The number of aryl methyl sites for hydroxylation is 1. The fourth-order valence-corrected chi connectivity index (χ4v) is 2.58. The van der Waals surface area contributed by atoms with E-state index in [1.165, 1.54) is 29.1 Å². The van der Waals surface area contributed by atoms with Crippen molar-refractivity contribution in [2.24, 2.45) is 0 Å². The molecule has 112 valence electrons. The lowest BCUT2D eigenvalue weighted by Crippen LogP contribution is -2.13. The number of halogens is 1. The molecular formula is C12H12FN3O4S. The molecule has 0 saturated carbocycles. The summed E-state index contributed by atoms with van der Waals surface area (Å²) in [5.41, 5.74) is -0.171. The van der Waals surface area contributed by atoms with Crippen LogP contribution in [0.3, 0.4) is 0 Å². The van der Waals surface area contributed by atoms with Crippen LogP contribution in [-0.2, 0) is 21.4 Å². The van der Waals surface area contributed by atoms with Crippen LogP contribution in [0.15, 0.2) is 41.6 Å². The Labute approximate surface area is 120 Å². The van der Waals surface area contributed by atoms with E-state index in [1.54, 1.807) is 0 Å². The van der Waals surface area contributed by atoms with Crippen molar-refractivity contribution in [3.8, 4) is 0 Å². The van der Waals surface area contributed by atoms with Crippen LogP contribution in [0.4, 0.5) is 10.1 Å². The Morgan fingerprint density at radius 2 is 2.10 bits per heavy atom. The van der Waals surface area contributed by atoms with Crippen LogP contribution in [0.25, 0.3) is 0 Å². The maximum Gasteiger partial charge on any atom is 0.305 e. The molecular weight excluding hydrogens is 301 g/mol. The third-order valence-corrected chi connectivity index (χ3v) is 3.91. The quantitative estimate of drug-likeness (QED) is 0.837. The van der Waals surface area contributed by atoms with Crippen molar-refractivity contribution in [2.45, 2.75) is 17.9 Å². The average Bonchev–Trinajstić information content (AvgIpc) is 2.88. The van der Waals surface area contributed by atoms with Gasteiger partial charge >= 0.3 is 5.97 Å². The smallest absolute Gasteiger partial charge is 0.305 e. The molecule has 7 nitrogen and oxygen atoms in total. The van der Waals surface area contributed by atoms with Crippen molar-refractivity contribution in [3.05, 3.63) is 42.5 Å². The van der Waals surface area contributed by atoms with Gasteiger partial charge < -0.3 is 5.11 Å². The summed E-state index contributed by atoms with van der Waals surface area (Å²) in [4.78, 5) is 10.3. The number of nitrogens with zero attached hydrogens (tertiary/aromatic N) is 2. The fourth-order valence-electron chi connectivity index (χ4n) is 1.56. The molecule has 0 fully saturated rings. The molecule has 0 saturated heterocycles. The number of aromatic nitrogens is 2. The first-order chi connectivity index (χ1) is 9.88. The molecule has 0 spiro atoms. The van der Waals surface area contributed by atoms with E-state index in [0.29, 0.717) is 0 Å². The van der Waals surface area contributed by atoms with Gasteiger partial charge in [0.2, 0.25) is 0 Å². The second kappa shape index (κ2) is 5.92. The molecule has 1 aromatic carbocycles. The first-order valence-electron chi connectivity index (χ1n) is 5.90. The third-order valence-electron chi connectivity index (χ3n) is 2.59. The van der Waals surface area contributed by atoms with Gasteiger partial charge in [-0.3, -0.25) is 14.2 Å². The molecule has 2 aromatic rings. The summed E-state index contributed by atoms with van der Waals surface area (Å²) >= 11 is 0. The van der Waals surface area contributed by atoms with Crippen LogP contribution in [-0.4, -0.2) is 29.3 Å². The topological polar surface area (TPSA) is 101 Å². The molecule has 1 heterocycles. The van der Waals surface area contributed by atoms with Crippen molar-refractivity contribution in [3.63, 3.8) is 0 Å². The van der Waals surface area contributed by atoms with E-state index >= 15 is 0 Å². The summed E-state index contributed by atoms with van der Waals surface area (Å²) in [5.74, 6) is -1.71. The molecule has 21 heavy (non-hydrogen) atoms. The fraction of sp³-hybridized carbons (Fsp3) is 0.167. The SMILES string of the molecule is O=C(O)CCn1cc(S(=O)(=O)Nc2ccccc2F)cn1. The lowest BCUT2D eigenvalue weighted by Gasteiger charge is -2.06. The molecule has 0 amide bonds. The lowest BCUT2D eigenvalue weighted by atomic mass is 10.3. The van der Waals surface area contributed by atoms with Crippen LogP contribution in [0.2, 0.25) is 0 Å². The molecule has 9 heteroatoms. The Morgan fingerprint density at radius 3 is 2.76 bits per heavy atom. The summed E-state index contributed by atoms with van der Waals surface area (Å²) in [5, 5.41) is 12.3. The molecule has 0 aliphatic carbocycles. The predicted molar refractivity (Wildman–Crippen MR) is 71.7 cm³/mol. The monoisotopic (exact) mass is 313 g/mol. The van der Waals surface area contributed by atoms with Gasteiger partial charge in [0.15, 0.2) is 0 Å². The van der Waals surface area contributed by atoms with Gasteiger partial charge in [0.25, 0.3) is 10.0 Å². The molecule has 0 atom stereocenters. The molecule has 0 radical (unpaired) electrons. The Hall–Kier alpha value is -2.42. The maximum atomic E-state index is 13.4. The Balaban J connectivity index is 2.17. The number of hydrogen-bond acceptors (Lipinski definition) is 4. The van der Waals surface area contributed by atoms with Crippen LogP contribution in [0.5, 0.6) is 0 Å². The number of nitrogens with one attached hydrogen (secondary N) is 1. The van der Waals surface area contributed by atoms with Crippen LogP contribution in [0.1, 0.15) is 6.42 Å². The lowest BCUT2D eigenvalue weighted by molar-refractivity contribution is -0.137. The highest BCUT2D eigenvalue weighted by Crippen LogP contribution is 2.18. The zero-order chi connectivity index (χ0) is 15.5. The highest BCUT2D eigenvalue weighted by molar-refractivity contribution is 7.92. The first-order valence-corrected chi connectivity index (χ1v) is 7.38. The van der Waals surface area contributed by atoms with E-state index in [4.69, 9.17) is 5.11 Å². The Morgan fingerprint density at radius 1 is 1.38 bits per heavy atom. The number of anilines is 1. The molecule has 0 unspecified atom stereocenters. The number of aliphatic carboxylic acids is 1. The van der Waals surface area contributed by atoms with Crippen molar-refractivity contribution in [2.75, 3.05) is 4.72 Å². The number of carboxylic acid groups (broad SMARTS) is 1. The van der Waals surface area contributed by atoms with Crippen molar-refractivity contribution < 1.29 is 22.7 Å². The van der Waals surface area contributed by atoms with Gasteiger partial charge in [-0.05, 0) is 12.1 Å². The number of hydrogen-bond donors (Lipinski definition) is 2. The normalized spacial score (nSPS) is 11.3. The zero-order valence-electron chi connectivity index (χ0n) is 10.7. The van der Waals surface area contributed by atoms with Crippen molar-refractivity contribution in [1.82, 2.24) is 9.78 Å². The van der Waals surface area contributed by atoms with E-state index in [-0.39, 0.29) is 23.5 Å². The van der Waals surface area contributed by atoms with E-state index in [9.17, 15) is 17.6 Å². The zero-order valence-corrected chi connectivity index (χ0v) is 11.5.